The summed E-state index contributed by atoms with van der Waals surface area (Å²) in [6.07, 6.45) is 2.22. The van der Waals surface area contributed by atoms with Crippen LogP contribution < -0.4 is 5.73 Å². The van der Waals surface area contributed by atoms with Crippen molar-refractivity contribution in [1.29, 1.82) is 0 Å². The lowest BCUT2D eigenvalue weighted by atomic mass is 10.1. The first-order valence-electron chi connectivity index (χ1n) is 5.57. The SMILES string of the molecule is Cl.N[C@@H]1CCCN(Cc2ccc(F)cc2Cl)C1. The summed E-state index contributed by atoms with van der Waals surface area (Å²) in [5, 5.41) is 0.499. The number of nitrogens with zero attached hydrogens (tertiary/aromatic N) is 1. The number of rotatable bonds is 2. The minimum absolute atomic E-state index is 0. The smallest absolute Gasteiger partial charge is 0.124 e. The highest BCUT2D eigenvalue weighted by molar-refractivity contribution is 6.31. The van der Waals surface area contributed by atoms with Crippen molar-refractivity contribution in [3.63, 3.8) is 0 Å². The predicted octanol–water partition coefficient (Wildman–Crippen LogP) is 2.82. The Hall–Kier alpha value is -0.350. The van der Waals surface area contributed by atoms with Crippen LogP contribution in [0.25, 0.3) is 0 Å². The first kappa shape index (κ1) is 14.7. The maximum Gasteiger partial charge on any atom is 0.124 e. The second-order valence-electron chi connectivity index (χ2n) is 4.37. The molecule has 0 radical (unpaired) electrons. The van der Waals surface area contributed by atoms with Crippen molar-refractivity contribution < 1.29 is 4.39 Å². The maximum absolute atomic E-state index is 12.9. The summed E-state index contributed by atoms with van der Waals surface area (Å²) in [4.78, 5) is 2.27. The van der Waals surface area contributed by atoms with Crippen LogP contribution in [0.1, 0.15) is 18.4 Å². The van der Waals surface area contributed by atoms with Crippen LogP contribution in [0.3, 0.4) is 0 Å². The van der Waals surface area contributed by atoms with Gasteiger partial charge < -0.3 is 5.73 Å². The molecule has 0 aliphatic carbocycles. The molecule has 1 atom stereocenters. The molecule has 0 unspecified atom stereocenters. The third-order valence-corrected chi connectivity index (χ3v) is 3.30. The largest absolute Gasteiger partial charge is 0.327 e. The number of likely N-dealkylation sites (tertiary alicyclic amines) is 1. The van der Waals surface area contributed by atoms with Crippen molar-refractivity contribution in [2.45, 2.75) is 25.4 Å². The van der Waals surface area contributed by atoms with Gasteiger partial charge >= 0.3 is 0 Å². The van der Waals surface area contributed by atoms with Crippen LogP contribution in [0.5, 0.6) is 0 Å². The highest BCUT2D eigenvalue weighted by Crippen LogP contribution is 2.20. The van der Waals surface area contributed by atoms with E-state index in [9.17, 15) is 4.39 Å². The van der Waals surface area contributed by atoms with E-state index in [1.807, 2.05) is 0 Å². The van der Waals surface area contributed by atoms with E-state index in [-0.39, 0.29) is 24.3 Å². The van der Waals surface area contributed by atoms with Gasteiger partial charge in [0, 0.05) is 24.2 Å². The Balaban J connectivity index is 0.00000144. The Labute approximate surface area is 112 Å². The van der Waals surface area contributed by atoms with Crippen molar-refractivity contribution in [3.8, 4) is 0 Å². The molecular weight excluding hydrogens is 262 g/mol. The molecule has 0 aromatic heterocycles. The molecule has 2 rings (SSSR count). The Kier molecular flexibility index (Phi) is 5.67. The number of piperidine rings is 1. The van der Waals surface area contributed by atoms with Crippen LogP contribution in [-0.2, 0) is 6.54 Å². The van der Waals surface area contributed by atoms with Crippen LogP contribution in [-0.4, -0.2) is 24.0 Å². The first-order valence-corrected chi connectivity index (χ1v) is 5.95. The molecule has 1 aliphatic rings. The van der Waals surface area contributed by atoms with Gasteiger partial charge in [-0.25, -0.2) is 4.39 Å². The summed E-state index contributed by atoms with van der Waals surface area (Å²) in [7, 11) is 0. The molecule has 0 bridgehead atoms. The highest BCUT2D eigenvalue weighted by Gasteiger charge is 2.17. The fourth-order valence-electron chi connectivity index (χ4n) is 2.13. The topological polar surface area (TPSA) is 29.3 Å². The van der Waals surface area contributed by atoms with E-state index in [0.717, 1.165) is 38.0 Å². The standard InChI is InChI=1S/C12H16ClFN2.ClH/c13-12-6-10(14)4-3-9(12)7-16-5-1-2-11(15)8-16;/h3-4,6,11H,1-2,5,7-8,15H2;1H/t11-;/m1./s1. The van der Waals surface area contributed by atoms with Crippen molar-refractivity contribution in [3.05, 3.63) is 34.6 Å². The van der Waals surface area contributed by atoms with Crippen LogP contribution in [0.4, 0.5) is 4.39 Å². The summed E-state index contributed by atoms with van der Waals surface area (Å²) in [6, 6.07) is 4.82. The molecule has 1 aromatic rings. The van der Waals surface area contributed by atoms with E-state index in [1.165, 1.54) is 12.1 Å². The molecule has 1 aromatic carbocycles. The molecule has 1 aliphatic heterocycles. The zero-order chi connectivity index (χ0) is 11.5. The van der Waals surface area contributed by atoms with Gasteiger partial charge in [0.15, 0.2) is 0 Å². The van der Waals surface area contributed by atoms with Crippen molar-refractivity contribution >= 4 is 24.0 Å². The summed E-state index contributed by atoms with van der Waals surface area (Å²) < 4.78 is 12.9. The van der Waals surface area contributed by atoms with Crippen LogP contribution in [0.15, 0.2) is 18.2 Å². The summed E-state index contributed by atoms with van der Waals surface area (Å²) >= 11 is 5.99. The number of benzene rings is 1. The van der Waals surface area contributed by atoms with E-state index in [4.69, 9.17) is 17.3 Å². The molecule has 5 heteroatoms. The number of halogens is 3. The summed E-state index contributed by atoms with van der Waals surface area (Å²) in [5.74, 6) is -0.288. The van der Waals surface area contributed by atoms with E-state index >= 15 is 0 Å². The first-order chi connectivity index (χ1) is 7.65. The van der Waals surface area contributed by atoms with Gasteiger partial charge in [-0.1, -0.05) is 17.7 Å². The van der Waals surface area contributed by atoms with Gasteiger partial charge in [-0.3, -0.25) is 4.90 Å². The third-order valence-electron chi connectivity index (χ3n) is 2.95. The van der Waals surface area contributed by atoms with E-state index in [0.29, 0.717) is 5.02 Å². The molecule has 0 spiro atoms. The summed E-state index contributed by atoms with van der Waals surface area (Å²) in [6.45, 7) is 2.70. The fourth-order valence-corrected chi connectivity index (χ4v) is 2.35. The lowest BCUT2D eigenvalue weighted by molar-refractivity contribution is 0.201. The molecule has 96 valence electrons. The van der Waals surface area contributed by atoms with E-state index < -0.39 is 0 Å². The zero-order valence-electron chi connectivity index (χ0n) is 9.53. The van der Waals surface area contributed by atoms with Gasteiger partial charge in [0.1, 0.15) is 5.82 Å². The second kappa shape index (κ2) is 6.55. The fraction of sp³-hybridized carbons (Fsp3) is 0.500. The molecule has 2 nitrogen and oxygen atoms in total. The van der Waals surface area contributed by atoms with Gasteiger partial charge in [-0.15, -0.1) is 12.4 Å². The Morgan fingerprint density at radius 2 is 2.24 bits per heavy atom. The number of hydrogen-bond donors (Lipinski definition) is 1. The van der Waals surface area contributed by atoms with Crippen LogP contribution in [0.2, 0.25) is 5.02 Å². The Bertz CT molecular complexity index is 374. The minimum Gasteiger partial charge on any atom is -0.327 e. The zero-order valence-corrected chi connectivity index (χ0v) is 11.1. The van der Waals surface area contributed by atoms with E-state index in [1.54, 1.807) is 6.07 Å². The predicted molar refractivity (Wildman–Crippen MR) is 71.1 cm³/mol. The second-order valence-corrected chi connectivity index (χ2v) is 4.78. The van der Waals surface area contributed by atoms with Gasteiger partial charge in [-0.05, 0) is 37.1 Å². The molecule has 0 saturated carbocycles. The Morgan fingerprint density at radius 1 is 1.47 bits per heavy atom. The van der Waals surface area contributed by atoms with Crippen molar-refractivity contribution in [2.75, 3.05) is 13.1 Å². The molecule has 1 fully saturated rings. The molecule has 1 saturated heterocycles. The highest BCUT2D eigenvalue weighted by atomic mass is 35.5. The average Bonchev–Trinajstić information content (AvgIpc) is 2.22. The van der Waals surface area contributed by atoms with Gasteiger partial charge in [0.2, 0.25) is 0 Å². The number of hydrogen-bond acceptors (Lipinski definition) is 2. The van der Waals surface area contributed by atoms with Crippen molar-refractivity contribution in [1.82, 2.24) is 4.90 Å². The summed E-state index contributed by atoms with van der Waals surface area (Å²) in [5.41, 5.74) is 6.88. The molecule has 2 N–H and O–H groups in total. The lowest BCUT2D eigenvalue weighted by Gasteiger charge is -2.30. The quantitative estimate of drug-likeness (QED) is 0.902. The van der Waals surface area contributed by atoms with Gasteiger partial charge in [0.05, 0.1) is 0 Å². The molecule has 0 amide bonds. The monoisotopic (exact) mass is 278 g/mol. The van der Waals surface area contributed by atoms with Crippen molar-refractivity contribution in [2.24, 2.45) is 5.73 Å². The molecular formula is C12H17Cl2FN2. The molecule has 1 heterocycles. The third kappa shape index (κ3) is 4.11. The minimum atomic E-state index is -0.288. The van der Waals surface area contributed by atoms with Gasteiger partial charge in [-0.2, -0.15) is 0 Å². The number of nitrogens with two attached hydrogens (primary N) is 1. The Morgan fingerprint density at radius 3 is 2.88 bits per heavy atom. The van der Waals surface area contributed by atoms with Gasteiger partial charge in [0.25, 0.3) is 0 Å². The van der Waals surface area contributed by atoms with Crippen LogP contribution in [0, 0.1) is 5.82 Å². The lowest BCUT2D eigenvalue weighted by Crippen LogP contribution is -2.42. The normalized spacial score (nSPS) is 21.0. The maximum atomic E-state index is 12.9. The van der Waals surface area contributed by atoms with E-state index in [2.05, 4.69) is 4.90 Å². The average molecular weight is 279 g/mol. The molecule has 17 heavy (non-hydrogen) atoms. The van der Waals surface area contributed by atoms with Crippen LogP contribution >= 0.6 is 24.0 Å².